The minimum Gasteiger partial charge on any atom is -0.494 e. The van der Waals surface area contributed by atoms with Crippen LogP contribution in [0.1, 0.15) is 11.1 Å². The number of hydrogen-bond acceptors (Lipinski definition) is 4. The number of benzene rings is 2. The van der Waals surface area contributed by atoms with Crippen LogP contribution in [-0.2, 0) is 12.8 Å². The lowest BCUT2D eigenvalue weighted by Gasteiger charge is -2.21. The summed E-state index contributed by atoms with van der Waals surface area (Å²) in [5.41, 5.74) is 5.94. The van der Waals surface area contributed by atoms with E-state index < -0.39 is 0 Å². The van der Waals surface area contributed by atoms with Crippen molar-refractivity contribution in [1.29, 1.82) is 0 Å². The van der Waals surface area contributed by atoms with Gasteiger partial charge in [-0.25, -0.2) is 9.97 Å². The van der Waals surface area contributed by atoms with Crippen LogP contribution >= 0.6 is 31.9 Å². The molecular weight excluding hydrogens is 484 g/mol. The number of nitrogens with zero attached hydrogens (tertiary/aromatic N) is 2. The maximum absolute atomic E-state index is 5.55. The van der Waals surface area contributed by atoms with Crippen LogP contribution in [0.25, 0.3) is 33.2 Å². The molecule has 0 unspecified atom stereocenters. The van der Waals surface area contributed by atoms with Crippen molar-refractivity contribution < 1.29 is 9.47 Å². The average Bonchev–Trinajstić information content (AvgIpc) is 2.72. The minimum absolute atomic E-state index is 0.759. The quantitative estimate of drug-likeness (QED) is 0.334. The molecule has 4 aromatic rings. The Bertz CT molecular complexity index is 1170. The Kier molecular flexibility index (Phi) is 4.29. The summed E-state index contributed by atoms with van der Waals surface area (Å²) in [6, 6.07) is 12.3. The fourth-order valence-electron chi connectivity index (χ4n) is 3.87. The number of aromatic nitrogens is 2. The summed E-state index contributed by atoms with van der Waals surface area (Å²) in [6.07, 6.45) is 1.87. The van der Waals surface area contributed by atoms with Gasteiger partial charge in [-0.3, -0.25) is 0 Å². The van der Waals surface area contributed by atoms with Crippen LogP contribution in [0.5, 0.6) is 11.5 Å². The fourth-order valence-corrected chi connectivity index (χ4v) is 4.74. The van der Waals surface area contributed by atoms with E-state index >= 15 is 0 Å². The Morgan fingerprint density at radius 3 is 1.54 bits per heavy atom. The molecule has 140 valence electrons. The summed E-state index contributed by atoms with van der Waals surface area (Å²) in [5, 5.41) is 2.12. The second kappa shape index (κ2) is 6.71. The molecule has 0 amide bonds. The maximum atomic E-state index is 5.55. The third-order valence-electron chi connectivity index (χ3n) is 5.27. The molecule has 0 aliphatic heterocycles. The Morgan fingerprint density at radius 2 is 1.14 bits per heavy atom. The first kappa shape index (κ1) is 17.9. The molecule has 0 spiro atoms. The highest BCUT2D eigenvalue weighted by molar-refractivity contribution is 9.11. The molecule has 6 heteroatoms. The molecule has 28 heavy (non-hydrogen) atoms. The summed E-state index contributed by atoms with van der Waals surface area (Å²) in [6.45, 7) is 0. The van der Waals surface area contributed by atoms with Gasteiger partial charge in [0.1, 0.15) is 22.5 Å². The molecule has 0 N–H and O–H groups in total. The van der Waals surface area contributed by atoms with Crippen LogP contribution < -0.4 is 9.47 Å². The van der Waals surface area contributed by atoms with E-state index in [-0.39, 0.29) is 0 Å². The number of pyridine rings is 2. The summed E-state index contributed by atoms with van der Waals surface area (Å²) < 4.78 is 13.1. The van der Waals surface area contributed by atoms with Crippen molar-refractivity contribution in [2.45, 2.75) is 12.8 Å². The van der Waals surface area contributed by atoms with Crippen LogP contribution in [0, 0.1) is 0 Å². The summed E-state index contributed by atoms with van der Waals surface area (Å²) in [5.74, 6) is 1.52. The Balaban J connectivity index is 1.84. The molecule has 0 saturated heterocycles. The van der Waals surface area contributed by atoms with Crippen LogP contribution in [0.2, 0.25) is 0 Å². The lowest BCUT2D eigenvalue weighted by molar-refractivity contribution is 0.418. The molecule has 2 aromatic heterocycles. The SMILES string of the molecule is COc1ccc(Br)c2cc3c(nc12)-c1nc2c(OC)ccc(Br)c2cc1CC3. The molecule has 2 heterocycles. The Hall–Kier alpha value is -2.18. The molecule has 4 nitrogen and oxygen atoms in total. The van der Waals surface area contributed by atoms with E-state index in [4.69, 9.17) is 19.4 Å². The predicted molar refractivity (Wildman–Crippen MR) is 118 cm³/mol. The monoisotopic (exact) mass is 498 g/mol. The second-order valence-electron chi connectivity index (χ2n) is 6.78. The zero-order valence-corrected chi connectivity index (χ0v) is 18.5. The highest BCUT2D eigenvalue weighted by Gasteiger charge is 2.23. The van der Waals surface area contributed by atoms with Gasteiger partial charge in [0.25, 0.3) is 0 Å². The number of rotatable bonds is 2. The van der Waals surface area contributed by atoms with Gasteiger partial charge in [-0.2, -0.15) is 0 Å². The Morgan fingerprint density at radius 1 is 0.714 bits per heavy atom. The lowest BCUT2D eigenvalue weighted by Crippen LogP contribution is -2.09. The first-order valence-electron chi connectivity index (χ1n) is 8.93. The molecular formula is C22H16Br2N2O2. The first-order chi connectivity index (χ1) is 13.6. The molecule has 0 atom stereocenters. The zero-order chi connectivity index (χ0) is 19.4. The van der Waals surface area contributed by atoms with Gasteiger partial charge in [-0.05, 0) is 60.4 Å². The standard InChI is InChI=1S/C22H16Br2N2O2/c1-27-17-7-5-15(23)13-9-11-3-4-12-10-14-16(24)6-8-18(28-2)22(14)26-20(12)19(11)25-21(13)17/h5-10H,3-4H2,1-2H3. The molecule has 2 aromatic carbocycles. The van der Waals surface area contributed by atoms with Crippen molar-refractivity contribution in [2.24, 2.45) is 0 Å². The third kappa shape index (κ3) is 2.62. The van der Waals surface area contributed by atoms with Crippen molar-refractivity contribution in [3.8, 4) is 22.9 Å². The number of hydrogen-bond donors (Lipinski definition) is 0. The third-order valence-corrected chi connectivity index (χ3v) is 6.66. The number of fused-ring (bicyclic) bond motifs is 5. The van der Waals surface area contributed by atoms with Crippen LogP contribution in [0.4, 0.5) is 0 Å². The molecule has 1 aliphatic rings. The van der Waals surface area contributed by atoms with Gasteiger partial charge >= 0.3 is 0 Å². The fraction of sp³-hybridized carbons (Fsp3) is 0.182. The largest absolute Gasteiger partial charge is 0.494 e. The smallest absolute Gasteiger partial charge is 0.145 e. The van der Waals surface area contributed by atoms with E-state index in [0.29, 0.717) is 0 Å². The maximum Gasteiger partial charge on any atom is 0.145 e. The first-order valence-corrected chi connectivity index (χ1v) is 10.5. The van der Waals surface area contributed by atoms with Gasteiger partial charge in [0.05, 0.1) is 25.6 Å². The van der Waals surface area contributed by atoms with Crippen molar-refractivity contribution in [3.63, 3.8) is 0 Å². The summed E-state index contributed by atoms with van der Waals surface area (Å²) in [4.78, 5) is 10.0. The van der Waals surface area contributed by atoms with Gasteiger partial charge in [0.2, 0.25) is 0 Å². The van der Waals surface area contributed by atoms with Gasteiger partial charge in [0.15, 0.2) is 0 Å². The number of halogens is 2. The highest BCUT2D eigenvalue weighted by atomic mass is 79.9. The van der Waals surface area contributed by atoms with E-state index in [2.05, 4.69) is 44.0 Å². The molecule has 0 saturated carbocycles. The van der Waals surface area contributed by atoms with Crippen molar-refractivity contribution in [1.82, 2.24) is 9.97 Å². The van der Waals surface area contributed by atoms with Gasteiger partial charge < -0.3 is 9.47 Å². The normalized spacial score (nSPS) is 12.7. The minimum atomic E-state index is 0.759. The van der Waals surface area contributed by atoms with Crippen LogP contribution in [-0.4, -0.2) is 24.2 Å². The van der Waals surface area contributed by atoms with E-state index in [1.807, 2.05) is 24.3 Å². The van der Waals surface area contributed by atoms with Crippen molar-refractivity contribution in [2.75, 3.05) is 14.2 Å². The van der Waals surface area contributed by atoms with Gasteiger partial charge in [-0.15, -0.1) is 0 Å². The second-order valence-corrected chi connectivity index (χ2v) is 8.49. The molecule has 1 aliphatic carbocycles. The van der Waals surface area contributed by atoms with Crippen LogP contribution in [0.15, 0.2) is 45.3 Å². The topological polar surface area (TPSA) is 44.2 Å². The summed E-state index contributed by atoms with van der Waals surface area (Å²) >= 11 is 7.29. The lowest BCUT2D eigenvalue weighted by atomic mass is 9.90. The highest BCUT2D eigenvalue weighted by Crippen LogP contribution is 2.40. The van der Waals surface area contributed by atoms with Gasteiger partial charge in [-0.1, -0.05) is 31.9 Å². The molecule has 0 radical (unpaired) electrons. The van der Waals surface area contributed by atoms with E-state index in [0.717, 1.165) is 66.5 Å². The van der Waals surface area contributed by atoms with E-state index in [9.17, 15) is 0 Å². The summed E-state index contributed by atoms with van der Waals surface area (Å²) in [7, 11) is 3.35. The van der Waals surface area contributed by atoms with E-state index in [1.165, 1.54) is 11.1 Å². The average molecular weight is 500 g/mol. The van der Waals surface area contributed by atoms with Gasteiger partial charge in [0, 0.05) is 19.7 Å². The molecule has 0 fully saturated rings. The number of aryl methyl sites for hydroxylation is 2. The number of methoxy groups -OCH3 is 2. The van der Waals surface area contributed by atoms with Crippen LogP contribution in [0.3, 0.4) is 0 Å². The van der Waals surface area contributed by atoms with Crippen molar-refractivity contribution >= 4 is 53.7 Å². The Labute approximate surface area is 179 Å². The molecule has 0 bridgehead atoms. The molecule has 5 rings (SSSR count). The predicted octanol–water partition coefficient (Wildman–Crippen LogP) is 6.09. The van der Waals surface area contributed by atoms with Crippen molar-refractivity contribution in [3.05, 3.63) is 56.5 Å². The van der Waals surface area contributed by atoms with E-state index in [1.54, 1.807) is 14.2 Å². The zero-order valence-electron chi connectivity index (χ0n) is 15.3. The number of ether oxygens (including phenoxy) is 2.